The maximum absolute atomic E-state index is 13.7. The van der Waals surface area contributed by atoms with Gasteiger partial charge in [-0.15, -0.1) is 5.10 Å². The largest absolute Gasteiger partial charge is 0.349 e. The number of rotatable bonds is 5. The van der Waals surface area contributed by atoms with Crippen LogP contribution < -0.4 is 10.6 Å². The van der Waals surface area contributed by atoms with Gasteiger partial charge in [0.1, 0.15) is 5.82 Å². The zero-order valence-corrected chi connectivity index (χ0v) is 14.6. The molecule has 0 saturated heterocycles. The molecule has 0 spiro atoms. The SMILES string of the molecule is Cc1cc(C)c(Nc2cnnc(NCc3ccccc3F)n2)c(Cl)c1. The molecule has 0 aliphatic heterocycles. The molecular weight excluding hydrogens is 341 g/mol. The Morgan fingerprint density at radius 3 is 2.72 bits per heavy atom. The van der Waals surface area contributed by atoms with Gasteiger partial charge in [-0.1, -0.05) is 35.9 Å². The fourth-order valence-electron chi connectivity index (χ4n) is 2.46. The lowest BCUT2D eigenvalue weighted by Crippen LogP contribution is -2.07. The number of anilines is 3. The summed E-state index contributed by atoms with van der Waals surface area (Å²) in [4.78, 5) is 4.34. The van der Waals surface area contributed by atoms with Crippen molar-refractivity contribution in [1.82, 2.24) is 15.2 Å². The van der Waals surface area contributed by atoms with Crippen molar-refractivity contribution in [3.8, 4) is 0 Å². The summed E-state index contributed by atoms with van der Waals surface area (Å²) in [5.41, 5.74) is 3.39. The van der Waals surface area contributed by atoms with Crippen LogP contribution in [0.4, 0.5) is 21.8 Å². The topological polar surface area (TPSA) is 62.7 Å². The quantitative estimate of drug-likeness (QED) is 0.696. The minimum atomic E-state index is -0.278. The Labute approximate surface area is 150 Å². The van der Waals surface area contributed by atoms with Crippen LogP contribution in [-0.2, 0) is 6.54 Å². The van der Waals surface area contributed by atoms with E-state index in [1.807, 2.05) is 26.0 Å². The lowest BCUT2D eigenvalue weighted by molar-refractivity contribution is 0.612. The third kappa shape index (κ3) is 4.22. The van der Waals surface area contributed by atoms with Gasteiger partial charge in [0.15, 0.2) is 5.82 Å². The van der Waals surface area contributed by atoms with Crippen molar-refractivity contribution in [1.29, 1.82) is 0 Å². The highest BCUT2D eigenvalue weighted by Gasteiger charge is 2.08. The van der Waals surface area contributed by atoms with E-state index in [1.54, 1.807) is 18.2 Å². The van der Waals surface area contributed by atoms with E-state index in [4.69, 9.17) is 11.6 Å². The molecule has 3 rings (SSSR count). The molecule has 0 bridgehead atoms. The molecule has 1 heterocycles. The molecule has 0 radical (unpaired) electrons. The number of benzene rings is 2. The highest BCUT2D eigenvalue weighted by Crippen LogP contribution is 2.29. The monoisotopic (exact) mass is 357 g/mol. The van der Waals surface area contributed by atoms with Crippen LogP contribution in [0.25, 0.3) is 0 Å². The first-order chi connectivity index (χ1) is 12.0. The highest BCUT2D eigenvalue weighted by molar-refractivity contribution is 6.33. The summed E-state index contributed by atoms with van der Waals surface area (Å²) in [5.74, 6) is 0.522. The second-order valence-corrected chi connectivity index (χ2v) is 6.08. The molecule has 0 aliphatic rings. The Balaban J connectivity index is 1.75. The molecule has 25 heavy (non-hydrogen) atoms. The van der Waals surface area contributed by atoms with Crippen molar-refractivity contribution in [3.63, 3.8) is 0 Å². The summed E-state index contributed by atoms with van der Waals surface area (Å²) < 4.78 is 13.7. The minimum absolute atomic E-state index is 0.266. The van der Waals surface area contributed by atoms with E-state index in [0.29, 0.717) is 22.4 Å². The maximum atomic E-state index is 13.7. The second-order valence-electron chi connectivity index (χ2n) is 5.67. The van der Waals surface area contributed by atoms with Gasteiger partial charge >= 0.3 is 0 Å². The fourth-order valence-corrected chi connectivity index (χ4v) is 2.83. The van der Waals surface area contributed by atoms with Gasteiger partial charge in [-0.3, -0.25) is 0 Å². The Morgan fingerprint density at radius 1 is 1.16 bits per heavy atom. The van der Waals surface area contributed by atoms with E-state index in [2.05, 4.69) is 25.8 Å². The van der Waals surface area contributed by atoms with Gasteiger partial charge in [-0.05, 0) is 37.1 Å². The van der Waals surface area contributed by atoms with Gasteiger partial charge in [-0.2, -0.15) is 10.1 Å². The van der Waals surface area contributed by atoms with Gasteiger partial charge in [0.05, 0.1) is 16.9 Å². The first-order valence-electron chi connectivity index (χ1n) is 7.73. The maximum Gasteiger partial charge on any atom is 0.244 e. The van der Waals surface area contributed by atoms with Crippen LogP contribution in [-0.4, -0.2) is 15.2 Å². The fraction of sp³-hybridized carbons (Fsp3) is 0.167. The highest BCUT2D eigenvalue weighted by atomic mass is 35.5. The van der Waals surface area contributed by atoms with Crippen molar-refractivity contribution < 1.29 is 4.39 Å². The smallest absolute Gasteiger partial charge is 0.244 e. The third-order valence-electron chi connectivity index (χ3n) is 3.64. The number of nitrogens with one attached hydrogen (secondary N) is 2. The van der Waals surface area contributed by atoms with Crippen molar-refractivity contribution in [2.24, 2.45) is 0 Å². The molecular formula is C18H17ClFN5. The first-order valence-corrected chi connectivity index (χ1v) is 8.11. The second kappa shape index (κ2) is 7.44. The molecule has 0 amide bonds. The van der Waals surface area contributed by atoms with E-state index >= 15 is 0 Å². The molecule has 7 heteroatoms. The van der Waals surface area contributed by atoms with Gasteiger partial charge in [0.2, 0.25) is 5.95 Å². The molecule has 0 saturated carbocycles. The molecule has 0 atom stereocenters. The normalized spacial score (nSPS) is 10.6. The molecule has 2 N–H and O–H groups in total. The summed E-state index contributed by atoms with van der Waals surface area (Å²) in [7, 11) is 0. The van der Waals surface area contributed by atoms with Gasteiger partial charge < -0.3 is 10.6 Å². The molecule has 0 aliphatic carbocycles. The van der Waals surface area contributed by atoms with Crippen LogP contribution in [0.5, 0.6) is 0 Å². The average Bonchev–Trinajstić information content (AvgIpc) is 2.58. The van der Waals surface area contributed by atoms with Gasteiger partial charge in [0, 0.05) is 12.1 Å². The van der Waals surface area contributed by atoms with Crippen LogP contribution in [0, 0.1) is 19.7 Å². The van der Waals surface area contributed by atoms with E-state index in [1.165, 1.54) is 12.3 Å². The molecule has 3 aromatic rings. The standard InChI is InChI=1S/C18H17ClFN5/c1-11-7-12(2)17(14(19)8-11)23-16-10-22-25-18(24-16)21-9-13-5-3-4-6-15(13)20/h3-8,10H,9H2,1-2H3,(H2,21,23,24,25). The molecule has 5 nitrogen and oxygen atoms in total. The van der Waals surface area contributed by atoms with Crippen LogP contribution in [0.3, 0.4) is 0 Å². The summed E-state index contributed by atoms with van der Waals surface area (Å²) in [6, 6.07) is 10.4. The van der Waals surface area contributed by atoms with E-state index in [9.17, 15) is 4.39 Å². The van der Waals surface area contributed by atoms with E-state index < -0.39 is 0 Å². The Bertz CT molecular complexity index is 877. The predicted octanol–water partition coefficient (Wildman–Crippen LogP) is 4.64. The number of nitrogens with zero attached hydrogens (tertiary/aromatic N) is 3. The molecule has 2 aromatic carbocycles. The van der Waals surface area contributed by atoms with Gasteiger partial charge in [0.25, 0.3) is 0 Å². The van der Waals surface area contributed by atoms with Crippen LogP contribution in [0.1, 0.15) is 16.7 Å². The summed E-state index contributed by atoms with van der Waals surface area (Å²) in [5, 5.41) is 14.6. The molecule has 1 aromatic heterocycles. The third-order valence-corrected chi connectivity index (χ3v) is 3.94. The minimum Gasteiger partial charge on any atom is -0.349 e. The van der Waals surface area contributed by atoms with E-state index in [-0.39, 0.29) is 12.4 Å². The number of halogens is 2. The zero-order valence-electron chi connectivity index (χ0n) is 13.8. The lowest BCUT2D eigenvalue weighted by atomic mass is 10.1. The predicted molar refractivity (Wildman–Crippen MR) is 97.8 cm³/mol. The summed E-state index contributed by atoms with van der Waals surface area (Å²) >= 11 is 6.30. The number of hydrogen-bond acceptors (Lipinski definition) is 5. The first kappa shape index (κ1) is 17.1. The molecule has 0 fully saturated rings. The molecule has 128 valence electrons. The summed E-state index contributed by atoms with van der Waals surface area (Å²) in [6.07, 6.45) is 1.50. The number of aryl methyl sites for hydroxylation is 2. The van der Waals surface area contributed by atoms with Crippen molar-refractivity contribution in [2.75, 3.05) is 10.6 Å². The number of hydrogen-bond donors (Lipinski definition) is 2. The van der Waals surface area contributed by atoms with Crippen LogP contribution in [0.2, 0.25) is 5.02 Å². The van der Waals surface area contributed by atoms with Crippen LogP contribution >= 0.6 is 11.6 Å². The Kier molecular flexibility index (Phi) is 5.09. The Hall–Kier alpha value is -2.73. The van der Waals surface area contributed by atoms with Gasteiger partial charge in [-0.25, -0.2) is 4.39 Å². The Morgan fingerprint density at radius 2 is 1.96 bits per heavy atom. The van der Waals surface area contributed by atoms with E-state index in [0.717, 1.165) is 16.8 Å². The molecule has 0 unspecified atom stereocenters. The lowest BCUT2D eigenvalue weighted by Gasteiger charge is -2.12. The van der Waals surface area contributed by atoms with Crippen molar-refractivity contribution >= 4 is 29.1 Å². The van der Waals surface area contributed by atoms with Crippen molar-refractivity contribution in [2.45, 2.75) is 20.4 Å². The van der Waals surface area contributed by atoms with Crippen molar-refractivity contribution in [3.05, 3.63) is 70.1 Å². The zero-order chi connectivity index (χ0) is 17.8. The number of aromatic nitrogens is 3. The van der Waals surface area contributed by atoms with Crippen LogP contribution in [0.15, 0.2) is 42.6 Å². The summed E-state index contributed by atoms with van der Waals surface area (Å²) in [6.45, 7) is 4.22. The average molecular weight is 358 g/mol.